The first-order valence-corrected chi connectivity index (χ1v) is 6.32. The predicted octanol–water partition coefficient (Wildman–Crippen LogP) is 2.21. The van der Waals surface area contributed by atoms with Crippen molar-refractivity contribution in [2.24, 2.45) is 0 Å². The van der Waals surface area contributed by atoms with Crippen LogP contribution in [-0.2, 0) is 0 Å². The molecule has 0 atom stereocenters. The fourth-order valence-corrected chi connectivity index (χ4v) is 1.63. The molecule has 0 aliphatic carbocycles. The monoisotopic (exact) mass is 284 g/mol. The standard InChI is InChI=1S/C16H13FN2O2/c17-13-7-8-14(12(11-13)5-2-4-10-20)19-16(21)15-6-1-3-9-18-15/h1,3,6-9,11,20H,4,10H2,(H,19,21). The zero-order valence-corrected chi connectivity index (χ0v) is 11.1. The highest BCUT2D eigenvalue weighted by atomic mass is 19.1. The second-order valence-corrected chi connectivity index (χ2v) is 4.13. The number of carbonyl (C=O) groups excluding carboxylic acids is 1. The molecule has 106 valence electrons. The van der Waals surface area contributed by atoms with E-state index in [1.807, 2.05) is 0 Å². The van der Waals surface area contributed by atoms with Gasteiger partial charge in [0, 0.05) is 12.6 Å². The molecule has 4 nitrogen and oxygen atoms in total. The first-order chi connectivity index (χ1) is 10.2. The van der Waals surface area contributed by atoms with E-state index in [1.165, 1.54) is 24.4 Å². The van der Waals surface area contributed by atoms with Gasteiger partial charge < -0.3 is 10.4 Å². The Labute approximate surface area is 121 Å². The number of aromatic nitrogens is 1. The van der Waals surface area contributed by atoms with Crippen molar-refractivity contribution in [2.45, 2.75) is 6.42 Å². The highest BCUT2D eigenvalue weighted by Gasteiger charge is 2.09. The van der Waals surface area contributed by atoms with Gasteiger partial charge in [-0.15, -0.1) is 0 Å². The second kappa shape index (κ2) is 7.17. The molecule has 5 heteroatoms. The van der Waals surface area contributed by atoms with Gasteiger partial charge in [0.05, 0.1) is 17.9 Å². The van der Waals surface area contributed by atoms with Crippen molar-refractivity contribution >= 4 is 11.6 Å². The maximum Gasteiger partial charge on any atom is 0.274 e. The topological polar surface area (TPSA) is 62.2 Å². The summed E-state index contributed by atoms with van der Waals surface area (Å²) in [6.07, 6.45) is 1.80. The van der Waals surface area contributed by atoms with E-state index in [1.54, 1.807) is 18.2 Å². The van der Waals surface area contributed by atoms with Crippen LogP contribution in [-0.4, -0.2) is 22.6 Å². The third kappa shape index (κ3) is 4.13. The van der Waals surface area contributed by atoms with Crippen LogP contribution in [0, 0.1) is 17.7 Å². The van der Waals surface area contributed by atoms with Crippen LogP contribution < -0.4 is 5.32 Å². The number of nitrogens with one attached hydrogen (secondary N) is 1. The van der Waals surface area contributed by atoms with Crippen molar-refractivity contribution in [3.05, 3.63) is 59.7 Å². The Morgan fingerprint density at radius 3 is 2.90 bits per heavy atom. The van der Waals surface area contributed by atoms with Crippen LogP contribution in [0.3, 0.4) is 0 Å². The Bertz CT molecular complexity index is 690. The lowest BCUT2D eigenvalue weighted by Crippen LogP contribution is -2.14. The summed E-state index contributed by atoms with van der Waals surface area (Å²) in [6, 6.07) is 8.91. The number of carbonyl (C=O) groups is 1. The quantitative estimate of drug-likeness (QED) is 0.849. The van der Waals surface area contributed by atoms with Crippen LogP contribution in [0.4, 0.5) is 10.1 Å². The number of pyridine rings is 1. The number of benzene rings is 1. The van der Waals surface area contributed by atoms with Gasteiger partial charge in [-0.1, -0.05) is 17.9 Å². The molecule has 1 amide bonds. The summed E-state index contributed by atoms with van der Waals surface area (Å²) < 4.78 is 13.3. The van der Waals surface area contributed by atoms with Gasteiger partial charge in [0.25, 0.3) is 5.91 Å². The SMILES string of the molecule is O=C(Nc1ccc(F)cc1C#CCCO)c1ccccn1. The first kappa shape index (κ1) is 14.7. The van der Waals surface area contributed by atoms with Gasteiger partial charge in [0.1, 0.15) is 11.5 Å². The third-order valence-corrected chi connectivity index (χ3v) is 2.59. The second-order valence-electron chi connectivity index (χ2n) is 4.13. The van der Waals surface area contributed by atoms with Crippen molar-refractivity contribution in [1.82, 2.24) is 4.98 Å². The molecule has 0 bridgehead atoms. The lowest BCUT2D eigenvalue weighted by atomic mass is 10.1. The largest absolute Gasteiger partial charge is 0.395 e. The molecule has 0 radical (unpaired) electrons. The van der Waals surface area contributed by atoms with Gasteiger partial charge in [0.2, 0.25) is 0 Å². The van der Waals surface area contributed by atoms with Crippen LogP contribution in [0.2, 0.25) is 0 Å². The lowest BCUT2D eigenvalue weighted by molar-refractivity contribution is 0.102. The van der Waals surface area contributed by atoms with Crippen LogP contribution in [0.5, 0.6) is 0 Å². The minimum atomic E-state index is -0.445. The van der Waals surface area contributed by atoms with E-state index in [-0.39, 0.29) is 18.7 Å². The number of amides is 1. The summed E-state index contributed by atoms with van der Waals surface area (Å²) >= 11 is 0. The van der Waals surface area contributed by atoms with E-state index < -0.39 is 11.7 Å². The van der Waals surface area contributed by atoms with Gasteiger partial charge in [-0.25, -0.2) is 4.39 Å². The smallest absolute Gasteiger partial charge is 0.274 e. The van der Waals surface area contributed by atoms with Crippen LogP contribution in [0.1, 0.15) is 22.5 Å². The summed E-state index contributed by atoms with van der Waals surface area (Å²) in [7, 11) is 0. The van der Waals surface area contributed by atoms with E-state index in [9.17, 15) is 9.18 Å². The molecule has 1 aromatic carbocycles. The predicted molar refractivity (Wildman–Crippen MR) is 77.2 cm³/mol. The summed E-state index contributed by atoms with van der Waals surface area (Å²) in [5.41, 5.74) is 1.02. The zero-order valence-electron chi connectivity index (χ0n) is 11.1. The van der Waals surface area contributed by atoms with Gasteiger partial charge >= 0.3 is 0 Å². The lowest BCUT2D eigenvalue weighted by Gasteiger charge is -2.07. The summed E-state index contributed by atoms with van der Waals surface area (Å²) in [5.74, 6) is 4.58. The average Bonchev–Trinajstić information content (AvgIpc) is 2.51. The molecule has 0 spiro atoms. The van der Waals surface area contributed by atoms with E-state index in [2.05, 4.69) is 22.1 Å². The van der Waals surface area contributed by atoms with Gasteiger partial charge in [-0.3, -0.25) is 9.78 Å². The number of anilines is 1. The minimum Gasteiger partial charge on any atom is -0.395 e. The van der Waals surface area contributed by atoms with Gasteiger partial charge in [-0.05, 0) is 30.3 Å². The van der Waals surface area contributed by atoms with Crippen LogP contribution in [0.25, 0.3) is 0 Å². The number of nitrogens with zero attached hydrogens (tertiary/aromatic N) is 1. The molecule has 0 aliphatic rings. The number of aliphatic hydroxyl groups is 1. The molecule has 0 saturated heterocycles. The number of rotatable bonds is 3. The highest BCUT2D eigenvalue weighted by molar-refractivity contribution is 6.03. The maximum atomic E-state index is 13.3. The highest BCUT2D eigenvalue weighted by Crippen LogP contribution is 2.17. The normalized spacial score (nSPS) is 9.62. The molecule has 2 aromatic rings. The fourth-order valence-electron chi connectivity index (χ4n) is 1.63. The molecule has 21 heavy (non-hydrogen) atoms. The summed E-state index contributed by atoms with van der Waals surface area (Å²) in [4.78, 5) is 16.0. The van der Waals surface area contributed by atoms with Crippen molar-refractivity contribution < 1.29 is 14.3 Å². The fraction of sp³-hybridized carbons (Fsp3) is 0.125. The Morgan fingerprint density at radius 1 is 1.33 bits per heavy atom. The Morgan fingerprint density at radius 2 is 2.19 bits per heavy atom. The molecule has 1 heterocycles. The van der Waals surface area contributed by atoms with Crippen LogP contribution >= 0.6 is 0 Å². The number of aliphatic hydroxyl groups excluding tert-OH is 1. The van der Waals surface area contributed by atoms with E-state index in [0.717, 1.165) is 0 Å². The molecule has 1 aromatic heterocycles. The molecule has 0 saturated carbocycles. The van der Waals surface area contributed by atoms with Crippen LogP contribution in [0.15, 0.2) is 42.6 Å². The molecule has 0 aliphatic heterocycles. The molecular formula is C16H13FN2O2. The van der Waals surface area contributed by atoms with E-state index in [0.29, 0.717) is 11.3 Å². The molecule has 2 rings (SSSR count). The number of hydrogen-bond donors (Lipinski definition) is 2. The van der Waals surface area contributed by atoms with E-state index >= 15 is 0 Å². The Hall–Kier alpha value is -2.71. The molecule has 0 fully saturated rings. The third-order valence-electron chi connectivity index (χ3n) is 2.59. The Kier molecular flexibility index (Phi) is 5.02. The van der Waals surface area contributed by atoms with Gasteiger partial charge in [0.15, 0.2) is 0 Å². The zero-order chi connectivity index (χ0) is 15.1. The average molecular weight is 284 g/mol. The van der Waals surface area contributed by atoms with Crippen molar-refractivity contribution in [3.8, 4) is 11.8 Å². The summed E-state index contributed by atoms with van der Waals surface area (Å²) in [6.45, 7) is -0.0715. The van der Waals surface area contributed by atoms with E-state index in [4.69, 9.17) is 5.11 Å². The molecule has 2 N–H and O–H groups in total. The summed E-state index contributed by atoms with van der Waals surface area (Å²) in [5, 5.41) is 11.4. The first-order valence-electron chi connectivity index (χ1n) is 6.32. The number of halogens is 1. The number of hydrogen-bond acceptors (Lipinski definition) is 3. The molecule has 0 unspecified atom stereocenters. The maximum absolute atomic E-state index is 13.3. The van der Waals surface area contributed by atoms with Crippen molar-refractivity contribution in [3.63, 3.8) is 0 Å². The van der Waals surface area contributed by atoms with Crippen molar-refractivity contribution in [2.75, 3.05) is 11.9 Å². The molecular weight excluding hydrogens is 271 g/mol. The van der Waals surface area contributed by atoms with Crippen molar-refractivity contribution in [1.29, 1.82) is 0 Å². The Balaban J connectivity index is 2.24. The minimum absolute atomic E-state index is 0.0715. The van der Waals surface area contributed by atoms with Gasteiger partial charge in [-0.2, -0.15) is 0 Å².